The molecule has 20 heavy (non-hydrogen) atoms. The van der Waals surface area contributed by atoms with E-state index >= 15 is 0 Å². The van der Waals surface area contributed by atoms with Crippen LogP contribution in [0.1, 0.15) is 29.8 Å². The van der Waals surface area contributed by atoms with Crippen molar-refractivity contribution in [1.82, 2.24) is 4.90 Å². The Balaban J connectivity index is 1.93. The number of rotatable bonds is 5. The first-order valence-corrected chi connectivity index (χ1v) is 7.14. The van der Waals surface area contributed by atoms with Crippen LogP contribution >= 0.6 is 0 Å². The summed E-state index contributed by atoms with van der Waals surface area (Å²) in [5.74, 6) is 0.635. The number of ether oxygens (including phenoxy) is 2. The molecule has 4 heteroatoms. The third-order valence-electron chi connectivity index (χ3n) is 3.62. The number of carbonyl (C=O) groups excluding carboxylic acids is 1. The predicted octanol–water partition coefficient (Wildman–Crippen LogP) is 2.30. The molecule has 0 aromatic heterocycles. The zero-order valence-corrected chi connectivity index (χ0v) is 12.5. The number of aryl methyl sites for hydroxylation is 1. The second kappa shape index (κ2) is 6.86. The van der Waals surface area contributed by atoms with Crippen molar-refractivity contribution in [2.45, 2.75) is 32.9 Å². The number of carbonyl (C=O) groups is 1. The van der Waals surface area contributed by atoms with E-state index in [0.29, 0.717) is 24.0 Å². The highest BCUT2D eigenvalue weighted by molar-refractivity contribution is 5.79. The Kier molecular flexibility index (Phi) is 5.15. The lowest BCUT2D eigenvalue weighted by molar-refractivity contribution is -0.0565. The van der Waals surface area contributed by atoms with E-state index in [9.17, 15) is 4.79 Å². The van der Waals surface area contributed by atoms with Gasteiger partial charge in [-0.2, -0.15) is 0 Å². The summed E-state index contributed by atoms with van der Waals surface area (Å²) >= 11 is 0. The van der Waals surface area contributed by atoms with Crippen LogP contribution < -0.4 is 4.74 Å². The van der Waals surface area contributed by atoms with E-state index in [0.717, 1.165) is 31.5 Å². The van der Waals surface area contributed by atoms with Crippen molar-refractivity contribution < 1.29 is 14.3 Å². The first kappa shape index (κ1) is 15.0. The van der Waals surface area contributed by atoms with Crippen molar-refractivity contribution in [3.05, 3.63) is 29.3 Å². The number of hydrogen-bond acceptors (Lipinski definition) is 4. The Bertz CT molecular complexity index is 459. The fourth-order valence-electron chi connectivity index (χ4n) is 2.39. The van der Waals surface area contributed by atoms with Crippen molar-refractivity contribution in [3.63, 3.8) is 0 Å². The number of morpholine rings is 1. The fraction of sp³-hybridized carbons (Fsp3) is 0.562. The quantitative estimate of drug-likeness (QED) is 0.774. The average Bonchev–Trinajstić information content (AvgIpc) is 2.46. The Labute approximate surface area is 120 Å². The lowest BCUT2D eigenvalue weighted by atomic mass is 10.1. The van der Waals surface area contributed by atoms with E-state index in [2.05, 4.69) is 18.7 Å². The molecular formula is C16H23NO3. The summed E-state index contributed by atoms with van der Waals surface area (Å²) in [6.45, 7) is 9.40. The van der Waals surface area contributed by atoms with E-state index < -0.39 is 0 Å². The van der Waals surface area contributed by atoms with Crippen molar-refractivity contribution in [3.8, 4) is 5.75 Å². The molecule has 1 fully saturated rings. The van der Waals surface area contributed by atoms with Crippen LogP contribution in [0.5, 0.6) is 5.75 Å². The van der Waals surface area contributed by atoms with Gasteiger partial charge in [0.05, 0.1) is 12.2 Å². The van der Waals surface area contributed by atoms with Gasteiger partial charge >= 0.3 is 0 Å². The van der Waals surface area contributed by atoms with Crippen LogP contribution in [0.2, 0.25) is 0 Å². The van der Waals surface area contributed by atoms with Crippen LogP contribution in [-0.4, -0.2) is 49.6 Å². The smallest absolute Gasteiger partial charge is 0.153 e. The molecule has 1 unspecified atom stereocenters. The molecular weight excluding hydrogens is 254 g/mol. The molecule has 110 valence electrons. The average molecular weight is 277 g/mol. The molecule has 0 saturated carbocycles. The maximum Gasteiger partial charge on any atom is 0.153 e. The molecule has 2 rings (SSSR count). The maximum atomic E-state index is 11.1. The Morgan fingerprint density at radius 3 is 3.00 bits per heavy atom. The van der Waals surface area contributed by atoms with E-state index in [1.165, 1.54) is 0 Å². The van der Waals surface area contributed by atoms with Crippen molar-refractivity contribution in [2.75, 3.05) is 26.3 Å². The third kappa shape index (κ3) is 3.81. The number of aldehydes is 1. The second-order valence-corrected chi connectivity index (χ2v) is 5.55. The zero-order chi connectivity index (χ0) is 14.5. The highest BCUT2D eigenvalue weighted by Gasteiger charge is 2.22. The molecule has 1 aliphatic rings. The van der Waals surface area contributed by atoms with Gasteiger partial charge in [-0.15, -0.1) is 0 Å². The molecule has 0 amide bonds. The number of hydrogen-bond donors (Lipinski definition) is 0. The fourth-order valence-corrected chi connectivity index (χ4v) is 2.39. The predicted molar refractivity (Wildman–Crippen MR) is 78.5 cm³/mol. The summed E-state index contributed by atoms with van der Waals surface area (Å²) in [6.07, 6.45) is 0.900. The largest absolute Gasteiger partial charge is 0.490 e. The van der Waals surface area contributed by atoms with Gasteiger partial charge in [0.2, 0.25) is 0 Å². The topological polar surface area (TPSA) is 38.8 Å². The Morgan fingerprint density at radius 2 is 2.30 bits per heavy atom. The van der Waals surface area contributed by atoms with Crippen LogP contribution in [0, 0.1) is 6.92 Å². The number of benzene rings is 1. The van der Waals surface area contributed by atoms with Gasteiger partial charge in [0.1, 0.15) is 18.5 Å². The molecule has 0 aliphatic carbocycles. The molecule has 4 nitrogen and oxygen atoms in total. The minimum absolute atomic E-state index is 0.0620. The SMILES string of the molecule is Cc1ccc(OCC2CN(C(C)C)CCO2)c(C=O)c1. The normalized spacial score (nSPS) is 20.1. The molecule has 0 bridgehead atoms. The first-order valence-electron chi connectivity index (χ1n) is 7.14. The van der Waals surface area contributed by atoms with E-state index in [1.807, 2.05) is 25.1 Å². The maximum absolute atomic E-state index is 11.1. The van der Waals surface area contributed by atoms with Gasteiger partial charge in [-0.25, -0.2) is 0 Å². The highest BCUT2D eigenvalue weighted by Crippen LogP contribution is 2.19. The second-order valence-electron chi connectivity index (χ2n) is 5.55. The van der Waals surface area contributed by atoms with Crippen molar-refractivity contribution >= 4 is 6.29 Å². The molecule has 1 atom stereocenters. The van der Waals surface area contributed by atoms with Gasteiger partial charge in [-0.05, 0) is 32.9 Å². The van der Waals surface area contributed by atoms with Gasteiger partial charge in [-0.1, -0.05) is 11.6 Å². The van der Waals surface area contributed by atoms with Gasteiger partial charge in [0.25, 0.3) is 0 Å². The van der Waals surface area contributed by atoms with Crippen LogP contribution in [0.25, 0.3) is 0 Å². The monoisotopic (exact) mass is 277 g/mol. The molecule has 0 N–H and O–H groups in total. The van der Waals surface area contributed by atoms with Gasteiger partial charge in [0.15, 0.2) is 6.29 Å². The van der Waals surface area contributed by atoms with Crippen LogP contribution in [0.3, 0.4) is 0 Å². The lowest BCUT2D eigenvalue weighted by Gasteiger charge is -2.35. The highest BCUT2D eigenvalue weighted by atomic mass is 16.5. The van der Waals surface area contributed by atoms with E-state index in [-0.39, 0.29) is 6.10 Å². The standard InChI is InChI=1S/C16H23NO3/c1-12(2)17-6-7-19-15(9-17)11-20-16-5-4-13(3)8-14(16)10-18/h4-5,8,10,12,15H,6-7,9,11H2,1-3H3. The number of nitrogens with zero attached hydrogens (tertiary/aromatic N) is 1. The molecule has 1 aromatic carbocycles. The van der Waals surface area contributed by atoms with E-state index in [1.54, 1.807) is 0 Å². The summed E-state index contributed by atoms with van der Waals surface area (Å²) in [5, 5.41) is 0. The lowest BCUT2D eigenvalue weighted by Crippen LogP contribution is -2.47. The van der Waals surface area contributed by atoms with Crippen LogP contribution in [-0.2, 0) is 4.74 Å². The first-order chi connectivity index (χ1) is 9.60. The molecule has 0 spiro atoms. The molecule has 1 aromatic rings. The molecule has 0 radical (unpaired) electrons. The summed E-state index contributed by atoms with van der Waals surface area (Å²) in [4.78, 5) is 13.4. The Hall–Kier alpha value is -1.39. The van der Waals surface area contributed by atoms with Crippen LogP contribution in [0.15, 0.2) is 18.2 Å². The van der Waals surface area contributed by atoms with Crippen molar-refractivity contribution in [2.24, 2.45) is 0 Å². The van der Waals surface area contributed by atoms with Crippen LogP contribution in [0.4, 0.5) is 0 Å². The summed E-state index contributed by atoms with van der Waals surface area (Å²) in [7, 11) is 0. The molecule has 1 aliphatic heterocycles. The Morgan fingerprint density at radius 1 is 1.50 bits per heavy atom. The molecule has 1 saturated heterocycles. The zero-order valence-electron chi connectivity index (χ0n) is 12.5. The minimum Gasteiger partial charge on any atom is -0.490 e. The van der Waals surface area contributed by atoms with E-state index in [4.69, 9.17) is 9.47 Å². The summed E-state index contributed by atoms with van der Waals surface area (Å²) < 4.78 is 11.5. The van der Waals surface area contributed by atoms with Gasteiger partial charge in [0, 0.05) is 19.1 Å². The third-order valence-corrected chi connectivity index (χ3v) is 3.62. The molecule has 1 heterocycles. The minimum atomic E-state index is 0.0620. The van der Waals surface area contributed by atoms with Gasteiger partial charge < -0.3 is 9.47 Å². The van der Waals surface area contributed by atoms with Crippen molar-refractivity contribution in [1.29, 1.82) is 0 Å². The van der Waals surface area contributed by atoms with Gasteiger partial charge in [-0.3, -0.25) is 9.69 Å². The summed E-state index contributed by atoms with van der Waals surface area (Å²) in [6, 6.07) is 6.16. The summed E-state index contributed by atoms with van der Waals surface area (Å²) in [5.41, 5.74) is 1.65.